The van der Waals surface area contributed by atoms with Crippen molar-refractivity contribution in [3.05, 3.63) is 95.2 Å². The maximum absolute atomic E-state index is 13.4. The van der Waals surface area contributed by atoms with Crippen LogP contribution in [0.25, 0.3) is 10.9 Å². The Labute approximate surface area is 256 Å². The Kier molecular flexibility index (Phi) is 9.42. The van der Waals surface area contributed by atoms with Gasteiger partial charge in [0, 0.05) is 99.0 Å². The second-order valence-corrected chi connectivity index (χ2v) is 12.1. The molecule has 3 heterocycles. The van der Waals surface area contributed by atoms with Crippen LogP contribution in [0.5, 0.6) is 0 Å². The minimum Gasteiger partial charge on any atom is -0.355 e. The van der Waals surface area contributed by atoms with Gasteiger partial charge in [-0.25, -0.2) is 0 Å². The van der Waals surface area contributed by atoms with Gasteiger partial charge in [-0.3, -0.25) is 9.69 Å². The molecule has 6 rings (SSSR count). The number of carbonyl (C=O) groups is 1. The molecule has 2 aliphatic rings. The number of hydrogen-bond acceptors (Lipinski definition) is 5. The van der Waals surface area contributed by atoms with Crippen LogP contribution in [0.4, 0.5) is 11.4 Å². The second kappa shape index (κ2) is 13.8. The maximum atomic E-state index is 13.4. The van der Waals surface area contributed by atoms with E-state index in [1.165, 1.54) is 27.7 Å². The molecular weight excluding hydrogens is 532 g/mol. The van der Waals surface area contributed by atoms with Gasteiger partial charge in [0.05, 0.1) is 0 Å². The van der Waals surface area contributed by atoms with E-state index in [-0.39, 0.29) is 5.91 Å². The lowest BCUT2D eigenvalue weighted by Gasteiger charge is -2.34. The lowest BCUT2D eigenvalue weighted by molar-refractivity contribution is 0.0638. The van der Waals surface area contributed by atoms with Crippen LogP contribution in [-0.4, -0.2) is 90.6 Å². The summed E-state index contributed by atoms with van der Waals surface area (Å²) in [6.45, 7) is 15.6. The second-order valence-electron chi connectivity index (χ2n) is 12.1. The summed E-state index contributed by atoms with van der Waals surface area (Å²) in [5.74, 6) is 0.117. The molecule has 0 saturated carbocycles. The van der Waals surface area contributed by atoms with E-state index < -0.39 is 0 Å². The van der Waals surface area contributed by atoms with E-state index in [2.05, 4.69) is 87.4 Å². The number of nitrogens with zero attached hydrogens (tertiary/aromatic N) is 4. The van der Waals surface area contributed by atoms with Crippen molar-refractivity contribution in [1.82, 2.24) is 24.6 Å². The highest BCUT2D eigenvalue weighted by molar-refractivity contribution is 5.95. The summed E-state index contributed by atoms with van der Waals surface area (Å²) in [5.41, 5.74) is 8.09. The molecule has 3 aromatic carbocycles. The van der Waals surface area contributed by atoms with Gasteiger partial charge in [0.25, 0.3) is 5.91 Å². The van der Waals surface area contributed by atoms with E-state index in [0.717, 1.165) is 102 Å². The Morgan fingerprint density at radius 2 is 1.51 bits per heavy atom. The van der Waals surface area contributed by atoms with Crippen LogP contribution in [0, 0.1) is 13.8 Å². The highest BCUT2D eigenvalue weighted by atomic mass is 16.2. The topological polar surface area (TPSA) is 55.8 Å². The standard InChI is InChI=1S/C36H46N6O/c1-28-29(2)42(18-7-17-39-20-15-37-16-21-39)35-13-12-33(27-34(28)35)38-32-11-6-10-31(26-32)36(43)41-24-22-40(23-25-41)19-14-30-8-4-3-5-9-30/h3-6,8-13,26-27,37-38H,7,14-25H2,1-2H3. The maximum Gasteiger partial charge on any atom is 0.254 e. The molecule has 1 aromatic heterocycles. The molecule has 0 spiro atoms. The molecule has 0 radical (unpaired) electrons. The Morgan fingerprint density at radius 3 is 2.30 bits per heavy atom. The number of hydrogen-bond donors (Lipinski definition) is 2. The molecule has 226 valence electrons. The third kappa shape index (κ3) is 7.12. The summed E-state index contributed by atoms with van der Waals surface area (Å²) in [7, 11) is 0. The van der Waals surface area contributed by atoms with Gasteiger partial charge in [-0.05, 0) is 80.8 Å². The quantitative estimate of drug-likeness (QED) is 0.268. The summed E-state index contributed by atoms with van der Waals surface area (Å²) < 4.78 is 2.48. The number of piperazine rings is 2. The van der Waals surface area contributed by atoms with Crippen LogP contribution < -0.4 is 10.6 Å². The van der Waals surface area contributed by atoms with Crippen molar-refractivity contribution >= 4 is 28.2 Å². The van der Waals surface area contributed by atoms with E-state index in [0.29, 0.717) is 0 Å². The zero-order valence-corrected chi connectivity index (χ0v) is 25.8. The van der Waals surface area contributed by atoms with Crippen molar-refractivity contribution in [2.75, 3.05) is 70.8 Å². The third-order valence-corrected chi connectivity index (χ3v) is 9.32. The van der Waals surface area contributed by atoms with Crippen LogP contribution in [0.15, 0.2) is 72.8 Å². The first kappa shape index (κ1) is 29.4. The van der Waals surface area contributed by atoms with Crippen LogP contribution in [0.3, 0.4) is 0 Å². The fourth-order valence-electron chi connectivity index (χ4n) is 6.59. The van der Waals surface area contributed by atoms with Crippen molar-refractivity contribution in [1.29, 1.82) is 0 Å². The van der Waals surface area contributed by atoms with Gasteiger partial charge in [0.2, 0.25) is 0 Å². The Hall–Kier alpha value is -3.65. The van der Waals surface area contributed by atoms with Crippen molar-refractivity contribution in [3.63, 3.8) is 0 Å². The first-order valence-electron chi connectivity index (χ1n) is 16.0. The Bertz CT molecular complexity index is 1520. The predicted molar refractivity (Wildman–Crippen MR) is 178 cm³/mol. The number of fused-ring (bicyclic) bond motifs is 1. The minimum absolute atomic E-state index is 0.117. The zero-order chi connectivity index (χ0) is 29.6. The molecule has 2 N–H and O–H groups in total. The van der Waals surface area contributed by atoms with Crippen molar-refractivity contribution in [3.8, 4) is 0 Å². The molecule has 0 unspecified atom stereocenters. The van der Waals surface area contributed by atoms with E-state index in [9.17, 15) is 4.79 Å². The Morgan fingerprint density at radius 1 is 0.767 bits per heavy atom. The van der Waals surface area contributed by atoms with Crippen LogP contribution in [-0.2, 0) is 13.0 Å². The largest absolute Gasteiger partial charge is 0.355 e. The molecule has 7 nitrogen and oxygen atoms in total. The van der Waals surface area contributed by atoms with Gasteiger partial charge in [-0.1, -0.05) is 36.4 Å². The molecule has 2 fully saturated rings. The number of amides is 1. The lowest BCUT2D eigenvalue weighted by atomic mass is 10.1. The van der Waals surface area contributed by atoms with Gasteiger partial charge in [0.15, 0.2) is 0 Å². The van der Waals surface area contributed by atoms with Crippen LogP contribution in [0.1, 0.15) is 33.6 Å². The number of rotatable bonds is 10. The zero-order valence-electron chi connectivity index (χ0n) is 25.8. The molecule has 2 aliphatic heterocycles. The monoisotopic (exact) mass is 578 g/mol. The number of benzene rings is 3. The van der Waals surface area contributed by atoms with Gasteiger partial charge < -0.3 is 25.0 Å². The van der Waals surface area contributed by atoms with Gasteiger partial charge in [-0.2, -0.15) is 0 Å². The molecule has 43 heavy (non-hydrogen) atoms. The van der Waals surface area contributed by atoms with Crippen molar-refractivity contribution in [2.45, 2.75) is 33.2 Å². The minimum atomic E-state index is 0.117. The van der Waals surface area contributed by atoms with Crippen molar-refractivity contribution in [2.24, 2.45) is 0 Å². The smallest absolute Gasteiger partial charge is 0.254 e. The normalized spacial score (nSPS) is 16.6. The molecule has 0 aliphatic carbocycles. The molecule has 7 heteroatoms. The van der Waals surface area contributed by atoms with E-state index >= 15 is 0 Å². The summed E-state index contributed by atoms with van der Waals surface area (Å²) in [5, 5.41) is 8.31. The lowest BCUT2D eigenvalue weighted by Crippen LogP contribution is -2.49. The Balaban J connectivity index is 1.05. The van der Waals surface area contributed by atoms with Crippen LogP contribution >= 0.6 is 0 Å². The molecule has 2 saturated heterocycles. The van der Waals surface area contributed by atoms with E-state index in [4.69, 9.17) is 0 Å². The molecule has 4 aromatic rings. The third-order valence-electron chi connectivity index (χ3n) is 9.32. The highest BCUT2D eigenvalue weighted by Gasteiger charge is 2.22. The van der Waals surface area contributed by atoms with Crippen LogP contribution in [0.2, 0.25) is 0 Å². The molecule has 1 amide bonds. The predicted octanol–water partition coefficient (Wildman–Crippen LogP) is 5.30. The number of nitrogens with one attached hydrogen (secondary N) is 2. The first-order chi connectivity index (χ1) is 21.0. The summed E-state index contributed by atoms with van der Waals surface area (Å²) in [6, 6.07) is 25.3. The average molecular weight is 579 g/mol. The summed E-state index contributed by atoms with van der Waals surface area (Å²) in [6.07, 6.45) is 2.21. The van der Waals surface area contributed by atoms with E-state index in [1.807, 2.05) is 29.2 Å². The fourth-order valence-corrected chi connectivity index (χ4v) is 6.59. The summed E-state index contributed by atoms with van der Waals surface area (Å²) >= 11 is 0. The van der Waals surface area contributed by atoms with Crippen molar-refractivity contribution < 1.29 is 4.79 Å². The van der Waals surface area contributed by atoms with Gasteiger partial charge in [0.1, 0.15) is 0 Å². The number of aryl methyl sites for hydroxylation is 2. The van der Waals surface area contributed by atoms with E-state index in [1.54, 1.807) is 0 Å². The SMILES string of the molecule is Cc1c(C)n(CCCN2CCNCC2)c2ccc(Nc3cccc(C(=O)N4CCN(CCc5ccccc5)CC4)c3)cc12. The van der Waals surface area contributed by atoms with Gasteiger partial charge >= 0.3 is 0 Å². The average Bonchev–Trinajstić information content (AvgIpc) is 3.29. The highest BCUT2D eigenvalue weighted by Crippen LogP contribution is 2.30. The molecular formula is C36H46N6O. The summed E-state index contributed by atoms with van der Waals surface area (Å²) in [4.78, 5) is 20.4. The number of anilines is 2. The molecule has 0 bridgehead atoms. The molecule has 0 atom stereocenters. The number of aromatic nitrogens is 1. The number of carbonyl (C=O) groups excluding carboxylic acids is 1. The van der Waals surface area contributed by atoms with Gasteiger partial charge in [-0.15, -0.1) is 0 Å². The first-order valence-corrected chi connectivity index (χ1v) is 16.0. The fraction of sp³-hybridized carbons (Fsp3) is 0.417.